The number of alkyl halides is 3. The normalized spacial score (nSPS) is 20.9. The largest absolute Gasteiger partial charge is 0.422 e. The molecule has 0 unspecified atom stereocenters. The predicted octanol–water partition coefficient (Wildman–Crippen LogP) is 5.71. The fourth-order valence-corrected chi connectivity index (χ4v) is 6.00. The van der Waals surface area contributed by atoms with Gasteiger partial charge < -0.3 is 9.64 Å². The molecule has 3 aliphatic heterocycles. The maximum Gasteiger partial charge on any atom is 0.422 e. The van der Waals surface area contributed by atoms with Crippen molar-refractivity contribution in [2.24, 2.45) is 0 Å². The van der Waals surface area contributed by atoms with Crippen LogP contribution in [0.1, 0.15) is 48.0 Å². The number of nitrogens with zero attached hydrogens (tertiary/aromatic N) is 5. The maximum absolute atomic E-state index is 14.8. The molecule has 2 fully saturated rings. The molecule has 3 aliphatic rings. The van der Waals surface area contributed by atoms with Crippen LogP contribution in [0.25, 0.3) is 5.69 Å². The van der Waals surface area contributed by atoms with Gasteiger partial charge in [-0.2, -0.15) is 13.2 Å². The van der Waals surface area contributed by atoms with Crippen molar-refractivity contribution in [3.05, 3.63) is 69.8 Å². The Morgan fingerprint density at radius 2 is 1.71 bits per heavy atom. The summed E-state index contributed by atoms with van der Waals surface area (Å²) in [6, 6.07) is 7.77. The van der Waals surface area contributed by atoms with Crippen LogP contribution in [0.5, 0.6) is 0 Å². The number of halogens is 6. The van der Waals surface area contributed by atoms with Crippen molar-refractivity contribution < 1.29 is 26.7 Å². The van der Waals surface area contributed by atoms with Crippen molar-refractivity contribution in [1.82, 2.24) is 19.7 Å². The van der Waals surface area contributed by atoms with Crippen LogP contribution in [0.2, 0.25) is 5.02 Å². The van der Waals surface area contributed by atoms with E-state index in [0.29, 0.717) is 56.7 Å². The number of anilines is 1. The minimum atomic E-state index is -5.11. The molecule has 0 N–H and O–H groups in total. The molecule has 38 heavy (non-hydrogen) atoms. The van der Waals surface area contributed by atoms with Crippen LogP contribution < -0.4 is 4.90 Å². The second kappa shape index (κ2) is 9.77. The summed E-state index contributed by atoms with van der Waals surface area (Å²) in [4.78, 5) is 3.87. The number of hydrogen-bond acceptors (Lipinski definition) is 5. The van der Waals surface area contributed by atoms with E-state index in [9.17, 15) is 22.0 Å². The molecule has 4 heterocycles. The first-order chi connectivity index (χ1) is 18.2. The van der Waals surface area contributed by atoms with E-state index in [0.717, 1.165) is 42.0 Å². The third-order valence-electron chi connectivity index (χ3n) is 7.73. The molecule has 0 spiro atoms. The topological polar surface area (TPSA) is 46.4 Å². The SMILES string of the molecule is Fc1ccc(N2CCC(c3nnc4n3-c3ccc(Cl)cc3CN([C@@H]3CCOC3)C4)CC2)c(F)c1C(F)(F)F. The van der Waals surface area contributed by atoms with E-state index in [1.165, 1.54) is 4.90 Å². The molecular formula is C26H25ClF5N5O. The van der Waals surface area contributed by atoms with Gasteiger partial charge in [-0.3, -0.25) is 9.47 Å². The monoisotopic (exact) mass is 553 g/mol. The number of aromatic nitrogens is 3. The number of hydrogen-bond donors (Lipinski definition) is 0. The standard InChI is InChI=1S/C26H25ClF5N5O/c27-17-1-3-20-16(11-17)12-36(18-7-10-38-14-18)13-22-33-34-25(37(20)22)15-5-8-35(9-6-15)21-4-2-19(28)23(24(21)29)26(30,31)32/h1-4,11,15,18H,5-10,12-14H2/t18-/m1/s1. The highest BCUT2D eigenvalue weighted by Crippen LogP contribution is 2.40. The summed E-state index contributed by atoms with van der Waals surface area (Å²) >= 11 is 6.35. The average Bonchev–Trinajstić information content (AvgIpc) is 3.51. The van der Waals surface area contributed by atoms with Crippen LogP contribution >= 0.6 is 11.6 Å². The molecule has 2 saturated heterocycles. The van der Waals surface area contributed by atoms with E-state index in [-0.39, 0.29) is 17.6 Å². The molecule has 3 aromatic rings. The summed E-state index contributed by atoms with van der Waals surface area (Å²) in [6.07, 6.45) is -3.12. The van der Waals surface area contributed by atoms with E-state index < -0.39 is 23.4 Å². The molecular weight excluding hydrogens is 529 g/mol. The molecule has 6 rings (SSSR count). The van der Waals surface area contributed by atoms with Gasteiger partial charge in [0, 0.05) is 43.2 Å². The summed E-state index contributed by atoms with van der Waals surface area (Å²) in [6.45, 7) is 3.26. The maximum atomic E-state index is 14.8. The van der Waals surface area contributed by atoms with Crippen molar-refractivity contribution in [1.29, 1.82) is 0 Å². The molecule has 0 aliphatic carbocycles. The molecule has 0 bridgehead atoms. The van der Waals surface area contributed by atoms with Crippen LogP contribution in [0.4, 0.5) is 27.6 Å². The Morgan fingerprint density at radius 1 is 0.947 bits per heavy atom. The molecule has 1 atom stereocenters. The first-order valence-corrected chi connectivity index (χ1v) is 12.9. The highest BCUT2D eigenvalue weighted by molar-refractivity contribution is 6.30. The van der Waals surface area contributed by atoms with E-state index in [1.807, 2.05) is 18.2 Å². The zero-order valence-corrected chi connectivity index (χ0v) is 21.1. The van der Waals surface area contributed by atoms with Crippen LogP contribution in [0.15, 0.2) is 30.3 Å². The summed E-state index contributed by atoms with van der Waals surface area (Å²) < 4.78 is 75.9. The zero-order valence-electron chi connectivity index (χ0n) is 20.3. The van der Waals surface area contributed by atoms with Gasteiger partial charge in [0.05, 0.1) is 24.5 Å². The van der Waals surface area contributed by atoms with Gasteiger partial charge in [-0.25, -0.2) is 8.78 Å². The van der Waals surface area contributed by atoms with Gasteiger partial charge in [0.1, 0.15) is 17.2 Å². The van der Waals surface area contributed by atoms with Crippen molar-refractivity contribution in [2.45, 2.75) is 50.5 Å². The highest BCUT2D eigenvalue weighted by atomic mass is 35.5. The number of piperidine rings is 1. The van der Waals surface area contributed by atoms with Crippen molar-refractivity contribution >= 4 is 17.3 Å². The molecule has 0 saturated carbocycles. The third kappa shape index (κ3) is 4.54. The summed E-state index contributed by atoms with van der Waals surface area (Å²) in [5, 5.41) is 9.72. The molecule has 6 nitrogen and oxygen atoms in total. The Kier molecular flexibility index (Phi) is 6.56. The number of fused-ring (bicyclic) bond motifs is 3. The lowest BCUT2D eigenvalue weighted by Gasteiger charge is -2.34. The van der Waals surface area contributed by atoms with E-state index in [4.69, 9.17) is 16.3 Å². The quantitative estimate of drug-likeness (QED) is 0.389. The Labute approximate surface area is 220 Å². The van der Waals surface area contributed by atoms with Gasteiger partial charge in [-0.1, -0.05) is 11.6 Å². The van der Waals surface area contributed by atoms with Gasteiger partial charge in [-0.05, 0) is 55.2 Å². The second-order valence-corrected chi connectivity index (χ2v) is 10.5. The van der Waals surface area contributed by atoms with Gasteiger partial charge in [-0.15, -0.1) is 10.2 Å². The van der Waals surface area contributed by atoms with Gasteiger partial charge in [0.15, 0.2) is 11.6 Å². The lowest BCUT2D eigenvalue weighted by molar-refractivity contribution is -0.142. The van der Waals surface area contributed by atoms with E-state index >= 15 is 0 Å². The Morgan fingerprint density at radius 3 is 2.42 bits per heavy atom. The predicted molar refractivity (Wildman–Crippen MR) is 130 cm³/mol. The smallest absolute Gasteiger partial charge is 0.380 e. The van der Waals surface area contributed by atoms with E-state index in [2.05, 4.69) is 19.7 Å². The van der Waals surface area contributed by atoms with Crippen LogP contribution in [0.3, 0.4) is 0 Å². The minimum absolute atomic E-state index is 0.0389. The fourth-order valence-electron chi connectivity index (χ4n) is 5.81. The lowest BCUT2D eigenvalue weighted by Crippen LogP contribution is -2.35. The van der Waals surface area contributed by atoms with Gasteiger partial charge >= 0.3 is 6.18 Å². The third-order valence-corrected chi connectivity index (χ3v) is 7.97. The first kappa shape index (κ1) is 25.5. The highest BCUT2D eigenvalue weighted by Gasteiger charge is 2.40. The van der Waals surface area contributed by atoms with Crippen molar-refractivity contribution in [2.75, 3.05) is 31.2 Å². The zero-order chi connectivity index (χ0) is 26.6. The van der Waals surface area contributed by atoms with Crippen LogP contribution in [0, 0.1) is 11.6 Å². The van der Waals surface area contributed by atoms with Gasteiger partial charge in [0.25, 0.3) is 0 Å². The first-order valence-electron chi connectivity index (χ1n) is 12.6. The summed E-state index contributed by atoms with van der Waals surface area (Å²) in [5.74, 6) is -1.66. The second-order valence-electron chi connectivity index (χ2n) is 10.0. The van der Waals surface area contributed by atoms with E-state index in [1.54, 1.807) is 0 Å². The molecule has 2 aromatic carbocycles. The molecule has 0 amide bonds. The van der Waals surface area contributed by atoms with Gasteiger partial charge in [0.2, 0.25) is 0 Å². The average molecular weight is 554 g/mol. The summed E-state index contributed by atoms with van der Waals surface area (Å²) in [7, 11) is 0. The van der Waals surface area contributed by atoms with Crippen molar-refractivity contribution in [3.63, 3.8) is 0 Å². The molecule has 202 valence electrons. The molecule has 0 radical (unpaired) electrons. The molecule has 12 heteroatoms. The minimum Gasteiger partial charge on any atom is -0.380 e. The lowest BCUT2D eigenvalue weighted by atomic mass is 9.95. The number of benzene rings is 2. The number of ether oxygens (including phenoxy) is 1. The fraction of sp³-hybridized carbons (Fsp3) is 0.462. The Bertz CT molecular complexity index is 1350. The van der Waals surface area contributed by atoms with Crippen LogP contribution in [-0.2, 0) is 24.0 Å². The van der Waals surface area contributed by atoms with Crippen molar-refractivity contribution in [3.8, 4) is 5.69 Å². The molecule has 1 aromatic heterocycles. The number of rotatable bonds is 3. The Balaban J connectivity index is 1.28. The summed E-state index contributed by atoms with van der Waals surface area (Å²) in [5.41, 5.74) is -0.0959. The Hall–Kier alpha value is -2.76. The van der Waals surface area contributed by atoms with Crippen LogP contribution in [-0.4, -0.2) is 52.0 Å².